The molecule has 1 aliphatic rings. The van der Waals surface area contributed by atoms with Crippen LogP contribution in [0.15, 0.2) is 46.0 Å². The van der Waals surface area contributed by atoms with Gasteiger partial charge in [-0.05, 0) is 54.1 Å². The zero-order valence-corrected chi connectivity index (χ0v) is 15.4. The van der Waals surface area contributed by atoms with E-state index in [0.29, 0.717) is 19.4 Å². The summed E-state index contributed by atoms with van der Waals surface area (Å²) in [5, 5.41) is 6.93. The van der Waals surface area contributed by atoms with E-state index in [1.807, 2.05) is 54.3 Å². The van der Waals surface area contributed by atoms with E-state index in [0.717, 1.165) is 16.1 Å². The van der Waals surface area contributed by atoms with Gasteiger partial charge in [0.1, 0.15) is 5.54 Å². The number of nitrogens with one attached hydrogen (secondary N) is 1. The van der Waals surface area contributed by atoms with Crippen molar-refractivity contribution in [2.45, 2.75) is 30.2 Å². The lowest BCUT2D eigenvalue weighted by molar-refractivity contribution is -0.154. The fourth-order valence-corrected chi connectivity index (χ4v) is 4.09. The van der Waals surface area contributed by atoms with Crippen molar-refractivity contribution in [3.63, 3.8) is 0 Å². The number of thioether (sulfide) groups is 1. The van der Waals surface area contributed by atoms with Crippen molar-refractivity contribution in [3.05, 3.63) is 46.7 Å². The first kappa shape index (κ1) is 17.0. The summed E-state index contributed by atoms with van der Waals surface area (Å²) in [6, 6.07) is 9.67. The predicted octanol–water partition coefficient (Wildman–Crippen LogP) is 3.64. The molecule has 2 aromatic rings. The van der Waals surface area contributed by atoms with Crippen molar-refractivity contribution in [1.82, 2.24) is 4.90 Å². The Hall–Kier alpha value is -1.79. The molecule has 1 atom stereocenters. The highest BCUT2D eigenvalue weighted by Crippen LogP contribution is 2.34. The Morgan fingerprint density at radius 3 is 2.75 bits per heavy atom. The molecule has 1 aromatic carbocycles. The maximum Gasteiger partial charge on any atom is 0.250 e. The van der Waals surface area contributed by atoms with Crippen LogP contribution in [0.4, 0.5) is 5.69 Å². The van der Waals surface area contributed by atoms with Crippen LogP contribution in [0.2, 0.25) is 0 Å². The van der Waals surface area contributed by atoms with E-state index in [2.05, 4.69) is 5.32 Å². The number of nitrogens with zero attached hydrogens (tertiary/aromatic N) is 1. The Kier molecular flexibility index (Phi) is 4.96. The first-order valence-corrected chi connectivity index (χ1v) is 9.97. The van der Waals surface area contributed by atoms with Crippen molar-refractivity contribution in [3.8, 4) is 0 Å². The standard InChI is InChI=1S/C18H20N2O2S2/c1-18(17(22)19-14-5-3-4-6-15(14)23-2)8-9-20(18)16(21)11-13-7-10-24-12-13/h3-7,10,12H,8-9,11H2,1-2H3,(H,19,22). The maximum atomic E-state index is 12.8. The monoisotopic (exact) mass is 360 g/mol. The van der Waals surface area contributed by atoms with E-state index < -0.39 is 5.54 Å². The smallest absolute Gasteiger partial charge is 0.250 e. The second kappa shape index (κ2) is 6.99. The number of benzene rings is 1. The third-order valence-electron chi connectivity index (χ3n) is 4.50. The number of para-hydroxylation sites is 1. The molecule has 0 radical (unpaired) electrons. The van der Waals surface area contributed by atoms with Crippen molar-refractivity contribution in [1.29, 1.82) is 0 Å². The van der Waals surface area contributed by atoms with Crippen LogP contribution >= 0.6 is 23.1 Å². The molecular weight excluding hydrogens is 340 g/mol. The molecule has 24 heavy (non-hydrogen) atoms. The van der Waals surface area contributed by atoms with Crippen molar-refractivity contribution < 1.29 is 9.59 Å². The lowest BCUT2D eigenvalue weighted by Crippen LogP contribution is -2.66. The molecule has 1 N–H and O–H groups in total. The second-order valence-electron chi connectivity index (χ2n) is 6.03. The van der Waals surface area contributed by atoms with E-state index in [1.54, 1.807) is 28.0 Å². The zero-order valence-electron chi connectivity index (χ0n) is 13.7. The maximum absolute atomic E-state index is 12.8. The molecule has 2 amide bonds. The predicted molar refractivity (Wildman–Crippen MR) is 99.6 cm³/mol. The second-order valence-corrected chi connectivity index (χ2v) is 7.66. The van der Waals surface area contributed by atoms with Crippen LogP contribution in [0.3, 0.4) is 0 Å². The van der Waals surface area contributed by atoms with E-state index in [9.17, 15) is 9.59 Å². The molecule has 0 spiro atoms. The third kappa shape index (κ3) is 3.21. The molecule has 1 aromatic heterocycles. The summed E-state index contributed by atoms with van der Waals surface area (Å²) in [5.41, 5.74) is 1.04. The number of carbonyl (C=O) groups excluding carboxylic acids is 2. The summed E-state index contributed by atoms with van der Waals surface area (Å²) in [5.74, 6) is -0.107. The molecule has 1 aliphatic heterocycles. The summed E-state index contributed by atoms with van der Waals surface area (Å²) < 4.78 is 0. The number of carbonyl (C=O) groups is 2. The number of amides is 2. The van der Waals surface area contributed by atoms with Crippen LogP contribution in [0, 0.1) is 0 Å². The van der Waals surface area contributed by atoms with Crippen LogP contribution in [-0.2, 0) is 16.0 Å². The largest absolute Gasteiger partial charge is 0.328 e. The summed E-state index contributed by atoms with van der Waals surface area (Å²) in [4.78, 5) is 28.0. The zero-order chi connectivity index (χ0) is 17.2. The van der Waals surface area contributed by atoms with Crippen molar-refractivity contribution in [2.75, 3.05) is 18.1 Å². The molecule has 0 saturated carbocycles. The van der Waals surface area contributed by atoms with E-state index in [1.165, 1.54) is 0 Å². The topological polar surface area (TPSA) is 49.4 Å². The minimum absolute atomic E-state index is 0.00968. The van der Waals surface area contributed by atoms with Gasteiger partial charge in [0.15, 0.2) is 0 Å². The molecule has 1 saturated heterocycles. The van der Waals surface area contributed by atoms with Gasteiger partial charge in [-0.3, -0.25) is 9.59 Å². The van der Waals surface area contributed by atoms with Gasteiger partial charge in [-0.25, -0.2) is 0 Å². The number of thiophene rings is 1. The van der Waals surface area contributed by atoms with Crippen LogP contribution in [-0.4, -0.2) is 35.1 Å². The molecule has 3 rings (SSSR count). The van der Waals surface area contributed by atoms with Gasteiger partial charge in [-0.15, -0.1) is 11.8 Å². The molecule has 1 fully saturated rings. The van der Waals surface area contributed by atoms with Crippen LogP contribution in [0.5, 0.6) is 0 Å². The molecule has 0 aliphatic carbocycles. The summed E-state index contributed by atoms with van der Waals surface area (Å²) in [6.07, 6.45) is 3.02. The molecule has 2 heterocycles. The number of hydrogen-bond donors (Lipinski definition) is 1. The Morgan fingerprint density at radius 1 is 1.33 bits per heavy atom. The summed E-state index contributed by atoms with van der Waals surface area (Å²) in [7, 11) is 0. The van der Waals surface area contributed by atoms with Crippen LogP contribution < -0.4 is 5.32 Å². The quantitative estimate of drug-likeness (QED) is 0.828. The Labute approximate surface area is 150 Å². The van der Waals surface area contributed by atoms with Gasteiger partial charge in [0.25, 0.3) is 0 Å². The number of rotatable bonds is 5. The first-order chi connectivity index (χ1) is 11.5. The number of hydrogen-bond acceptors (Lipinski definition) is 4. The third-order valence-corrected chi connectivity index (χ3v) is 6.03. The van der Waals surface area contributed by atoms with Crippen molar-refractivity contribution >= 4 is 40.6 Å². The van der Waals surface area contributed by atoms with Gasteiger partial charge in [0.2, 0.25) is 11.8 Å². The fraction of sp³-hybridized carbons (Fsp3) is 0.333. The van der Waals surface area contributed by atoms with Gasteiger partial charge in [0, 0.05) is 11.4 Å². The van der Waals surface area contributed by atoms with E-state index >= 15 is 0 Å². The first-order valence-electron chi connectivity index (χ1n) is 7.80. The minimum Gasteiger partial charge on any atom is -0.328 e. The molecule has 6 heteroatoms. The Morgan fingerprint density at radius 2 is 2.12 bits per heavy atom. The van der Waals surface area contributed by atoms with Gasteiger partial charge in [-0.2, -0.15) is 11.3 Å². The Balaban J connectivity index is 1.70. The average molecular weight is 361 g/mol. The highest BCUT2D eigenvalue weighted by atomic mass is 32.2. The van der Waals surface area contributed by atoms with Gasteiger partial charge >= 0.3 is 0 Å². The van der Waals surface area contributed by atoms with Gasteiger partial charge < -0.3 is 10.2 Å². The average Bonchev–Trinajstić information content (AvgIpc) is 3.06. The van der Waals surface area contributed by atoms with Gasteiger partial charge in [0.05, 0.1) is 12.1 Å². The summed E-state index contributed by atoms with van der Waals surface area (Å²) >= 11 is 3.17. The normalized spacial score (nSPS) is 19.7. The lowest BCUT2D eigenvalue weighted by atomic mass is 9.85. The van der Waals surface area contributed by atoms with Crippen LogP contribution in [0.25, 0.3) is 0 Å². The molecule has 126 valence electrons. The Bertz CT molecular complexity index is 745. The van der Waals surface area contributed by atoms with E-state index in [-0.39, 0.29) is 11.8 Å². The summed E-state index contributed by atoms with van der Waals surface area (Å²) in [6.45, 7) is 2.48. The fourth-order valence-electron chi connectivity index (χ4n) is 2.86. The minimum atomic E-state index is -0.765. The lowest BCUT2D eigenvalue weighted by Gasteiger charge is -2.49. The highest BCUT2D eigenvalue weighted by molar-refractivity contribution is 7.98. The van der Waals surface area contributed by atoms with Crippen LogP contribution in [0.1, 0.15) is 18.9 Å². The number of anilines is 1. The molecular formula is C18H20N2O2S2. The number of likely N-dealkylation sites (tertiary alicyclic amines) is 1. The molecule has 0 bridgehead atoms. The SMILES string of the molecule is CSc1ccccc1NC(=O)C1(C)CCN1C(=O)Cc1ccsc1. The van der Waals surface area contributed by atoms with E-state index in [4.69, 9.17) is 0 Å². The van der Waals surface area contributed by atoms with Crippen molar-refractivity contribution in [2.24, 2.45) is 0 Å². The highest BCUT2D eigenvalue weighted by Gasteiger charge is 2.49. The molecule has 4 nitrogen and oxygen atoms in total. The molecule has 1 unspecified atom stereocenters. The van der Waals surface area contributed by atoms with Gasteiger partial charge in [-0.1, -0.05) is 12.1 Å².